The molecule has 4 rings (SSSR count). The summed E-state index contributed by atoms with van der Waals surface area (Å²) in [6.45, 7) is 0.678. The summed E-state index contributed by atoms with van der Waals surface area (Å²) >= 11 is 0. The van der Waals surface area contributed by atoms with Crippen LogP contribution in [0.25, 0.3) is 0 Å². The van der Waals surface area contributed by atoms with Crippen molar-refractivity contribution in [2.45, 2.75) is 12.2 Å². The summed E-state index contributed by atoms with van der Waals surface area (Å²) in [6, 6.07) is 16.0. The zero-order valence-electron chi connectivity index (χ0n) is 11.2. The van der Waals surface area contributed by atoms with Crippen LogP contribution < -0.4 is 15.5 Å². The topological polar surface area (TPSA) is 44.4 Å². The van der Waals surface area contributed by atoms with Crippen LogP contribution in [-0.4, -0.2) is 13.0 Å². The number of hydrogen-bond acceptors (Lipinski definition) is 3. The van der Waals surface area contributed by atoms with Crippen LogP contribution in [0.2, 0.25) is 0 Å². The number of rotatable bonds is 0. The Bertz CT molecular complexity index is 712. The van der Waals surface area contributed by atoms with Gasteiger partial charge in [-0.05, 0) is 17.7 Å². The Hall–Kier alpha value is -2.33. The second kappa shape index (κ2) is 3.84. The minimum atomic E-state index is -0.834. The molecule has 4 nitrogen and oxygen atoms in total. The first-order valence-electron chi connectivity index (χ1n) is 6.71. The quantitative estimate of drug-likeness (QED) is 0.766. The van der Waals surface area contributed by atoms with Gasteiger partial charge in [-0.3, -0.25) is 10.1 Å². The number of amides is 1. The van der Waals surface area contributed by atoms with Crippen molar-refractivity contribution in [2.24, 2.45) is 0 Å². The summed E-state index contributed by atoms with van der Waals surface area (Å²) in [6.07, 6.45) is 0. The summed E-state index contributed by atoms with van der Waals surface area (Å²) in [7, 11) is 1.82. The van der Waals surface area contributed by atoms with Crippen molar-refractivity contribution in [3.05, 3.63) is 59.7 Å². The van der Waals surface area contributed by atoms with E-state index in [2.05, 4.69) is 16.7 Å². The maximum atomic E-state index is 12.7. The Balaban J connectivity index is 1.89. The highest BCUT2D eigenvalue weighted by atomic mass is 16.2. The van der Waals surface area contributed by atoms with E-state index in [4.69, 9.17) is 0 Å². The van der Waals surface area contributed by atoms with Crippen LogP contribution in [0.4, 0.5) is 11.4 Å². The molecule has 0 saturated heterocycles. The molecule has 2 aromatic carbocycles. The van der Waals surface area contributed by atoms with Gasteiger partial charge < -0.3 is 10.2 Å². The van der Waals surface area contributed by atoms with E-state index in [1.54, 1.807) is 4.90 Å². The van der Waals surface area contributed by atoms with E-state index in [9.17, 15) is 4.79 Å². The van der Waals surface area contributed by atoms with E-state index in [1.807, 2.05) is 49.5 Å². The number of carbonyl (C=O) groups excluding carboxylic acids is 1. The minimum absolute atomic E-state index is 0.0354. The summed E-state index contributed by atoms with van der Waals surface area (Å²) in [5, 5.41) is 6.79. The van der Waals surface area contributed by atoms with Gasteiger partial charge in [0.1, 0.15) is 0 Å². The number of carbonyl (C=O) groups is 1. The number of anilines is 2. The van der Waals surface area contributed by atoms with E-state index in [0.717, 1.165) is 16.9 Å². The molecule has 20 heavy (non-hydrogen) atoms. The number of hydrogen-bond donors (Lipinski definition) is 2. The number of benzene rings is 2. The van der Waals surface area contributed by atoms with Crippen molar-refractivity contribution in [3.8, 4) is 0 Å². The van der Waals surface area contributed by atoms with Gasteiger partial charge in [0, 0.05) is 24.8 Å². The Morgan fingerprint density at radius 3 is 2.75 bits per heavy atom. The van der Waals surface area contributed by atoms with Crippen LogP contribution in [0.15, 0.2) is 48.5 Å². The van der Waals surface area contributed by atoms with Gasteiger partial charge in [-0.2, -0.15) is 0 Å². The van der Waals surface area contributed by atoms with Crippen LogP contribution in [0.3, 0.4) is 0 Å². The fourth-order valence-electron chi connectivity index (χ4n) is 3.12. The molecule has 2 aromatic rings. The number of likely N-dealkylation sites (N-methyl/N-ethyl adjacent to an activating group) is 1. The summed E-state index contributed by atoms with van der Waals surface area (Å²) in [4.78, 5) is 14.5. The predicted octanol–water partition coefficient (Wildman–Crippen LogP) is 2.03. The lowest BCUT2D eigenvalue weighted by Gasteiger charge is -2.36. The Labute approximate surface area is 117 Å². The highest BCUT2D eigenvalue weighted by Crippen LogP contribution is 2.42. The third kappa shape index (κ3) is 1.31. The lowest BCUT2D eigenvalue weighted by Crippen LogP contribution is -2.57. The normalized spacial score (nSPS) is 23.4. The van der Waals surface area contributed by atoms with E-state index >= 15 is 0 Å². The average Bonchev–Trinajstić information content (AvgIpc) is 2.71. The number of nitrogens with zero attached hydrogens (tertiary/aromatic N) is 1. The maximum Gasteiger partial charge on any atom is 0.272 e. The Morgan fingerprint density at radius 1 is 1.10 bits per heavy atom. The molecule has 1 spiro atoms. The summed E-state index contributed by atoms with van der Waals surface area (Å²) in [5.41, 5.74) is 3.31. The second-order valence-electron chi connectivity index (χ2n) is 5.27. The van der Waals surface area contributed by atoms with Crippen molar-refractivity contribution in [3.63, 3.8) is 0 Å². The molecule has 2 aliphatic heterocycles. The second-order valence-corrected chi connectivity index (χ2v) is 5.27. The first-order chi connectivity index (χ1) is 9.72. The van der Waals surface area contributed by atoms with Gasteiger partial charge in [0.25, 0.3) is 5.91 Å². The van der Waals surface area contributed by atoms with E-state index < -0.39 is 5.66 Å². The monoisotopic (exact) mass is 265 g/mol. The van der Waals surface area contributed by atoms with E-state index in [1.165, 1.54) is 5.56 Å². The standard InChI is InChI=1S/C16H15N3O/c1-19-14-9-5-3-7-12(14)16(15(19)20)17-10-11-6-2-4-8-13(11)18-16/h2-9,17-18H,10H2,1H3. The molecule has 0 fully saturated rings. The van der Waals surface area contributed by atoms with E-state index in [-0.39, 0.29) is 5.91 Å². The summed E-state index contributed by atoms with van der Waals surface area (Å²) in [5.74, 6) is 0.0354. The average molecular weight is 265 g/mol. The van der Waals surface area contributed by atoms with Crippen LogP contribution >= 0.6 is 0 Å². The van der Waals surface area contributed by atoms with Gasteiger partial charge in [-0.15, -0.1) is 0 Å². The van der Waals surface area contributed by atoms with Gasteiger partial charge in [0.05, 0.1) is 5.69 Å². The van der Waals surface area contributed by atoms with Crippen LogP contribution in [0.5, 0.6) is 0 Å². The zero-order chi connectivity index (χ0) is 13.7. The Kier molecular flexibility index (Phi) is 2.20. The van der Waals surface area contributed by atoms with Gasteiger partial charge in [-0.25, -0.2) is 0 Å². The van der Waals surface area contributed by atoms with Crippen molar-refractivity contribution >= 4 is 17.3 Å². The molecule has 1 unspecified atom stereocenters. The molecule has 2 N–H and O–H groups in total. The molecule has 2 aliphatic rings. The zero-order valence-corrected chi connectivity index (χ0v) is 11.2. The van der Waals surface area contributed by atoms with Crippen molar-refractivity contribution < 1.29 is 4.79 Å². The van der Waals surface area contributed by atoms with Gasteiger partial charge >= 0.3 is 0 Å². The molecular weight excluding hydrogens is 250 g/mol. The summed E-state index contributed by atoms with van der Waals surface area (Å²) < 4.78 is 0. The first-order valence-corrected chi connectivity index (χ1v) is 6.71. The van der Waals surface area contributed by atoms with Gasteiger partial charge in [0.2, 0.25) is 0 Å². The Morgan fingerprint density at radius 2 is 1.85 bits per heavy atom. The van der Waals surface area contributed by atoms with Crippen LogP contribution in [0.1, 0.15) is 11.1 Å². The minimum Gasteiger partial charge on any atom is -0.355 e. The molecule has 2 heterocycles. The van der Waals surface area contributed by atoms with Crippen molar-refractivity contribution in [1.82, 2.24) is 5.32 Å². The third-order valence-electron chi connectivity index (χ3n) is 4.18. The third-order valence-corrected chi connectivity index (χ3v) is 4.18. The number of fused-ring (bicyclic) bond motifs is 3. The molecule has 0 radical (unpaired) electrons. The number of para-hydroxylation sites is 2. The molecule has 100 valence electrons. The molecule has 4 heteroatoms. The molecule has 1 atom stereocenters. The first kappa shape index (κ1) is 11.5. The molecule has 0 saturated carbocycles. The van der Waals surface area contributed by atoms with Crippen molar-refractivity contribution in [1.29, 1.82) is 0 Å². The SMILES string of the molecule is CN1C(=O)C2(NCc3ccccc3N2)c2ccccc21. The molecule has 0 bridgehead atoms. The van der Waals surface area contributed by atoms with E-state index in [0.29, 0.717) is 6.54 Å². The lowest BCUT2D eigenvalue weighted by molar-refractivity contribution is -0.123. The predicted molar refractivity (Wildman–Crippen MR) is 78.4 cm³/mol. The fraction of sp³-hybridized carbons (Fsp3) is 0.188. The molecule has 0 aliphatic carbocycles. The van der Waals surface area contributed by atoms with Crippen LogP contribution in [0, 0.1) is 0 Å². The smallest absolute Gasteiger partial charge is 0.272 e. The maximum absolute atomic E-state index is 12.7. The fourth-order valence-corrected chi connectivity index (χ4v) is 3.12. The molecular formula is C16H15N3O. The largest absolute Gasteiger partial charge is 0.355 e. The molecule has 0 aromatic heterocycles. The highest BCUT2D eigenvalue weighted by molar-refractivity contribution is 6.09. The lowest BCUT2D eigenvalue weighted by atomic mass is 9.96. The van der Waals surface area contributed by atoms with Crippen LogP contribution in [-0.2, 0) is 17.0 Å². The van der Waals surface area contributed by atoms with Gasteiger partial charge in [-0.1, -0.05) is 36.4 Å². The van der Waals surface area contributed by atoms with Gasteiger partial charge in [0.15, 0.2) is 5.66 Å². The van der Waals surface area contributed by atoms with Crippen molar-refractivity contribution in [2.75, 3.05) is 17.3 Å². The number of nitrogens with one attached hydrogen (secondary N) is 2. The highest BCUT2D eigenvalue weighted by Gasteiger charge is 2.51. The molecule has 1 amide bonds.